The summed E-state index contributed by atoms with van der Waals surface area (Å²) in [6.45, 7) is 3.95. The van der Waals surface area contributed by atoms with E-state index in [4.69, 9.17) is 4.74 Å². The Morgan fingerprint density at radius 1 is 1.00 bits per heavy atom. The molecule has 2 aromatic carbocycles. The number of ether oxygens (including phenoxy) is 1. The minimum Gasteiger partial charge on any atom is -0.439 e. The Kier molecular flexibility index (Phi) is 6.24. The maximum absolute atomic E-state index is 12.7. The fraction of sp³-hybridized carbons (Fsp3) is 0.238. The molecule has 3 rings (SSSR count). The van der Waals surface area contributed by atoms with Gasteiger partial charge in [0.25, 0.3) is 0 Å². The molecule has 0 bridgehead atoms. The summed E-state index contributed by atoms with van der Waals surface area (Å²) in [5.74, 6) is 1.65. The molecule has 146 valence electrons. The van der Waals surface area contributed by atoms with Gasteiger partial charge in [0.2, 0.25) is 5.88 Å². The number of para-hydroxylation sites is 1. The van der Waals surface area contributed by atoms with Crippen LogP contribution in [0.3, 0.4) is 0 Å². The molecule has 0 radical (unpaired) electrons. The maximum atomic E-state index is 12.7. The lowest BCUT2D eigenvalue weighted by atomic mass is 10.1. The SMILES string of the molecule is CCc1cc(Oc2ccccc2C)nc(SCc2ccc(C(F)(F)F)cc2)n1. The number of hydrogen-bond acceptors (Lipinski definition) is 4. The molecule has 0 amide bonds. The van der Waals surface area contributed by atoms with Gasteiger partial charge >= 0.3 is 6.18 Å². The van der Waals surface area contributed by atoms with E-state index >= 15 is 0 Å². The van der Waals surface area contributed by atoms with Crippen LogP contribution in [0.5, 0.6) is 11.6 Å². The Bertz CT molecular complexity index is 943. The maximum Gasteiger partial charge on any atom is 0.416 e. The predicted octanol–water partition coefficient (Wildman–Crippen LogP) is 6.45. The van der Waals surface area contributed by atoms with Gasteiger partial charge in [0.1, 0.15) is 5.75 Å². The molecular formula is C21H19F3N2OS. The van der Waals surface area contributed by atoms with Crippen LogP contribution in [0.25, 0.3) is 0 Å². The third-order valence-corrected chi connectivity index (χ3v) is 4.97. The van der Waals surface area contributed by atoms with E-state index in [9.17, 15) is 13.2 Å². The van der Waals surface area contributed by atoms with Gasteiger partial charge in [-0.1, -0.05) is 49.0 Å². The number of aryl methyl sites for hydroxylation is 2. The molecule has 1 aromatic heterocycles. The highest BCUT2D eigenvalue weighted by Gasteiger charge is 2.29. The van der Waals surface area contributed by atoms with E-state index in [0.717, 1.165) is 41.1 Å². The minimum absolute atomic E-state index is 0.455. The largest absolute Gasteiger partial charge is 0.439 e. The number of alkyl halides is 3. The lowest BCUT2D eigenvalue weighted by Crippen LogP contribution is -2.04. The number of hydrogen-bond donors (Lipinski definition) is 0. The van der Waals surface area contributed by atoms with Gasteiger partial charge in [-0.25, -0.2) is 4.98 Å². The normalized spacial score (nSPS) is 11.5. The molecule has 0 fully saturated rings. The lowest BCUT2D eigenvalue weighted by Gasteiger charge is -2.10. The standard InChI is InChI=1S/C21H19F3N2OS/c1-3-17-12-19(27-18-7-5-4-6-14(18)2)26-20(25-17)28-13-15-8-10-16(11-9-15)21(22,23)24/h4-12H,3,13H2,1-2H3. The summed E-state index contributed by atoms with van der Waals surface area (Å²) >= 11 is 1.36. The van der Waals surface area contributed by atoms with E-state index in [2.05, 4.69) is 9.97 Å². The van der Waals surface area contributed by atoms with Crippen LogP contribution in [0.15, 0.2) is 59.8 Å². The van der Waals surface area contributed by atoms with Crippen LogP contribution in [0.1, 0.15) is 29.3 Å². The van der Waals surface area contributed by atoms with Crippen molar-refractivity contribution in [2.75, 3.05) is 0 Å². The first-order chi connectivity index (χ1) is 13.3. The zero-order chi connectivity index (χ0) is 20.1. The van der Waals surface area contributed by atoms with Crippen molar-refractivity contribution in [3.8, 4) is 11.6 Å². The molecule has 0 unspecified atom stereocenters. The molecule has 0 aliphatic carbocycles. The van der Waals surface area contributed by atoms with E-state index in [1.165, 1.54) is 23.9 Å². The average Bonchev–Trinajstić information content (AvgIpc) is 2.67. The monoisotopic (exact) mass is 404 g/mol. The molecule has 0 spiro atoms. The van der Waals surface area contributed by atoms with Crippen LogP contribution >= 0.6 is 11.8 Å². The number of aromatic nitrogens is 2. The number of nitrogens with zero attached hydrogens (tertiary/aromatic N) is 2. The van der Waals surface area contributed by atoms with Gasteiger partial charge in [-0.15, -0.1) is 0 Å². The van der Waals surface area contributed by atoms with Crippen molar-refractivity contribution in [1.82, 2.24) is 9.97 Å². The van der Waals surface area contributed by atoms with Gasteiger partial charge in [0.05, 0.1) is 5.56 Å². The lowest BCUT2D eigenvalue weighted by molar-refractivity contribution is -0.137. The van der Waals surface area contributed by atoms with Crippen molar-refractivity contribution in [3.05, 3.63) is 77.0 Å². The molecule has 7 heteroatoms. The van der Waals surface area contributed by atoms with E-state index in [1.54, 1.807) is 6.07 Å². The number of thioether (sulfide) groups is 1. The van der Waals surface area contributed by atoms with Crippen LogP contribution in [0.2, 0.25) is 0 Å². The molecule has 1 heterocycles. The van der Waals surface area contributed by atoms with Crippen LogP contribution in [-0.4, -0.2) is 9.97 Å². The van der Waals surface area contributed by atoms with Gasteiger partial charge in [-0.3, -0.25) is 0 Å². The first-order valence-corrected chi connectivity index (χ1v) is 9.74. The van der Waals surface area contributed by atoms with Crippen molar-refractivity contribution >= 4 is 11.8 Å². The molecule has 0 aliphatic heterocycles. The Labute approximate surface area is 166 Å². The van der Waals surface area contributed by atoms with Crippen LogP contribution in [-0.2, 0) is 18.3 Å². The Hall–Kier alpha value is -2.54. The van der Waals surface area contributed by atoms with Gasteiger partial charge in [0.15, 0.2) is 5.16 Å². The van der Waals surface area contributed by atoms with Gasteiger partial charge < -0.3 is 4.74 Å². The zero-order valence-electron chi connectivity index (χ0n) is 15.5. The Morgan fingerprint density at radius 3 is 2.36 bits per heavy atom. The van der Waals surface area contributed by atoms with E-state index in [-0.39, 0.29) is 0 Å². The van der Waals surface area contributed by atoms with Gasteiger partial charge in [0, 0.05) is 17.5 Å². The van der Waals surface area contributed by atoms with Gasteiger partial charge in [-0.05, 0) is 42.7 Å². The molecule has 3 nitrogen and oxygen atoms in total. The molecule has 0 atom stereocenters. The quantitative estimate of drug-likeness (QED) is 0.349. The fourth-order valence-electron chi connectivity index (χ4n) is 2.47. The minimum atomic E-state index is -4.33. The van der Waals surface area contributed by atoms with Crippen LogP contribution in [0.4, 0.5) is 13.2 Å². The molecule has 0 saturated heterocycles. The molecular weight excluding hydrogens is 385 g/mol. The van der Waals surface area contributed by atoms with Crippen molar-refractivity contribution in [3.63, 3.8) is 0 Å². The predicted molar refractivity (Wildman–Crippen MR) is 104 cm³/mol. The summed E-state index contributed by atoms with van der Waals surface area (Å²) in [5, 5.41) is 0.530. The molecule has 28 heavy (non-hydrogen) atoms. The Balaban J connectivity index is 1.74. The van der Waals surface area contributed by atoms with E-state index in [0.29, 0.717) is 16.8 Å². The summed E-state index contributed by atoms with van der Waals surface area (Å²) in [4.78, 5) is 8.92. The third-order valence-electron chi connectivity index (χ3n) is 4.05. The molecule has 0 aliphatic rings. The van der Waals surface area contributed by atoms with Crippen molar-refractivity contribution in [2.45, 2.75) is 37.4 Å². The molecule has 3 aromatic rings. The first-order valence-electron chi connectivity index (χ1n) is 8.75. The summed E-state index contributed by atoms with van der Waals surface area (Å²) < 4.78 is 43.9. The first kappa shape index (κ1) is 20.2. The number of halogens is 3. The smallest absolute Gasteiger partial charge is 0.416 e. The zero-order valence-corrected chi connectivity index (χ0v) is 16.3. The molecule has 0 saturated carbocycles. The summed E-state index contributed by atoms with van der Waals surface area (Å²) in [5.41, 5.74) is 1.95. The Morgan fingerprint density at radius 2 is 1.71 bits per heavy atom. The summed E-state index contributed by atoms with van der Waals surface area (Å²) in [7, 11) is 0. The third kappa shape index (κ3) is 5.25. The molecule has 0 N–H and O–H groups in total. The highest BCUT2D eigenvalue weighted by atomic mass is 32.2. The highest BCUT2D eigenvalue weighted by molar-refractivity contribution is 7.98. The van der Waals surface area contributed by atoms with Crippen LogP contribution < -0.4 is 4.74 Å². The number of rotatable bonds is 6. The van der Waals surface area contributed by atoms with E-state index < -0.39 is 11.7 Å². The topological polar surface area (TPSA) is 35.0 Å². The van der Waals surface area contributed by atoms with Crippen molar-refractivity contribution in [2.24, 2.45) is 0 Å². The van der Waals surface area contributed by atoms with Crippen molar-refractivity contribution in [1.29, 1.82) is 0 Å². The van der Waals surface area contributed by atoms with Crippen LogP contribution in [0, 0.1) is 6.92 Å². The summed E-state index contributed by atoms with van der Waals surface area (Å²) in [6, 6.07) is 14.6. The average molecular weight is 404 g/mol. The highest BCUT2D eigenvalue weighted by Crippen LogP contribution is 2.31. The number of benzene rings is 2. The van der Waals surface area contributed by atoms with Crippen molar-refractivity contribution < 1.29 is 17.9 Å². The van der Waals surface area contributed by atoms with E-state index in [1.807, 2.05) is 38.1 Å². The second-order valence-corrected chi connectivity index (χ2v) is 7.13. The summed E-state index contributed by atoms with van der Waals surface area (Å²) in [6.07, 6.45) is -3.60. The van der Waals surface area contributed by atoms with Gasteiger partial charge in [-0.2, -0.15) is 18.2 Å². The fourth-order valence-corrected chi connectivity index (χ4v) is 3.29. The second-order valence-electron chi connectivity index (χ2n) is 6.18. The second kappa shape index (κ2) is 8.65.